The van der Waals surface area contributed by atoms with Crippen LogP contribution in [0.3, 0.4) is 0 Å². The zero-order valence-electron chi connectivity index (χ0n) is 25.0. The number of alkyl carbamates (subject to hydrolysis) is 1. The largest absolute Gasteiger partial charge is 0.450 e. The Bertz CT molecular complexity index is 1540. The quantitative estimate of drug-likeness (QED) is 0.364. The van der Waals surface area contributed by atoms with Gasteiger partial charge in [0.1, 0.15) is 23.5 Å². The Morgan fingerprint density at radius 1 is 1.13 bits per heavy atom. The van der Waals surface area contributed by atoms with E-state index < -0.39 is 41.9 Å². The Morgan fingerprint density at radius 3 is 2.49 bits per heavy atom. The molecule has 1 aromatic carbocycles. The smallest absolute Gasteiger partial charge is 0.414 e. The number of carbonyl (C=O) groups excluding carboxylic acids is 4. The van der Waals surface area contributed by atoms with Gasteiger partial charge in [0.05, 0.1) is 25.4 Å². The molecule has 0 bridgehead atoms. The summed E-state index contributed by atoms with van der Waals surface area (Å²) in [6.45, 7) is 6.03. The van der Waals surface area contributed by atoms with Gasteiger partial charge in [-0.2, -0.15) is 0 Å². The van der Waals surface area contributed by atoms with Crippen molar-refractivity contribution in [3.8, 4) is 0 Å². The maximum absolute atomic E-state index is 15.3. The summed E-state index contributed by atoms with van der Waals surface area (Å²) in [5, 5.41) is 5.24. The molecule has 0 radical (unpaired) electrons. The van der Waals surface area contributed by atoms with Crippen LogP contribution >= 0.6 is 0 Å². The predicted octanol–water partition coefficient (Wildman–Crippen LogP) is 2.18. The van der Waals surface area contributed by atoms with Crippen molar-refractivity contribution in [2.24, 2.45) is 5.92 Å². The lowest BCUT2D eigenvalue weighted by atomic mass is 10.0. The molecule has 0 saturated carbocycles. The van der Waals surface area contributed by atoms with Crippen molar-refractivity contribution in [1.82, 2.24) is 29.9 Å². The Kier molecular flexibility index (Phi) is 9.29. The molecular weight excluding hydrogens is 594 g/mol. The van der Waals surface area contributed by atoms with Gasteiger partial charge in [-0.1, -0.05) is 13.8 Å². The number of amides is 4. The lowest BCUT2D eigenvalue weighted by Crippen LogP contribution is -2.56. The topological polar surface area (TPSA) is 151 Å². The summed E-state index contributed by atoms with van der Waals surface area (Å²) >= 11 is 0. The van der Waals surface area contributed by atoms with E-state index in [4.69, 9.17) is 9.47 Å². The second-order valence-electron chi connectivity index (χ2n) is 10.9. The van der Waals surface area contributed by atoms with Crippen molar-refractivity contribution in [2.45, 2.75) is 32.9 Å². The second-order valence-corrected chi connectivity index (χ2v) is 10.9. The number of benzene rings is 1. The summed E-state index contributed by atoms with van der Waals surface area (Å²) in [6, 6.07) is 2.97. The third kappa shape index (κ3) is 6.89. The Morgan fingerprint density at radius 2 is 1.84 bits per heavy atom. The minimum atomic E-state index is -0.875. The first kappa shape index (κ1) is 31.4. The van der Waals surface area contributed by atoms with Gasteiger partial charge in [0.2, 0.25) is 11.7 Å². The van der Waals surface area contributed by atoms with Crippen molar-refractivity contribution in [1.29, 1.82) is 0 Å². The Hall–Kier alpha value is -5.02. The standard InChI is InChI=1S/C29H34F2N8O6/c1-4-44-28(42)33-14-19-15-39(29(43)45-19)18-12-20(30)24(21(31)13-18)36-8-10-37(11-9-36)26(41)23(17(2)3)35-25(40)22-16-38-7-5-6-32-27(38)34-22/h5-7,12-13,16-17,19,23H,4,8-11,14-15H2,1-3H3,(H,33,42)(H,35,40). The highest BCUT2D eigenvalue weighted by Crippen LogP contribution is 2.31. The number of nitrogens with one attached hydrogen (secondary N) is 2. The van der Waals surface area contributed by atoms with Gasteiger partial charge in [0.15, 0.2) is 11.6 Å². The number of fused-ring (bicyclic) bond motifs is 1. The van der Waals surface area contributed by atoms with E-state index in [-0.39, 0.29) is 74.8 Å². The highest BCUT2D eigenvalue weighted by atomic mass is 19.1. The molecular formula is C29H34F2N8O6. The van der Waals surface area contributed by atoms with Crippen LogP contribution in [0.1, 0.15) is 31.3 Å². The van der Waals surface area contributed by atoms with Crippen LogP contribution in [0.2, 0.25) is 0 Å². The zero-order valence-corrected chi connectivity index (χ0v) is 25.0. The van der Waals surface area contributed by atoms with Gasteiger partial charge in [-0.15, -0.1) is 0 Å². The molecule has 4 heterocycles. The van der Waals surface area contributed by atoms with E-state index in [0.717, 1.165) is 17.0 Å². The van der Waals surface area contributed by atoms with Gasteiger partial charge in [0, 0.05) is 56.9 Å². The molecule has 16 heteroatoms. The summed E-state index contributed by atoms with van der Waals surface area (Å²) in [6.07, 6.45) is 2.61. The van der Waals surface area contributed by atoms with Gasteiger partial charge >= 0.3 is 12.2 Å². The number of hydrogen-bond acceptors (Lipinski definition) is 9. The van der Waals surface area contributed by atoms with E-state index in [9.17, 15) is 19.2 Å². The van der Waals surface area contributed by atoms with Gasteiger partial charge in [-0.05, 0) is 18.9 Å². The van der Waals surface area contributed by atoms with Crippen molar-refractivity contribution in [3.63, 3.8) is 0 Å². The van der Waals surface area contributed by atoms with E-state index in [1.54, 1.807) is 34.7 Å². The van der Waals surface area contributed by atoms with Crippen LogP contribution in [0.4, 0.5) is 29.7 Å². The van der Waals surface area contributed by atoms with Gasteiger partial charge in [0.25, 0.3) is 5.91 Å². The van der Waals surface area contributed by atoms with Gasteiger partial charge in [-0.25, -0.2) is 28.3 Å². The number of ether oxygens (including phenoxy) is 2. The lowest BCUT2D eigenvalue weighted by molar-refractivity contribution is -0.134. The molecule has 4 amide bonds. The number of nitrogens with zero attached hydrogens (tertiary/aromatic N) is 6. The van der Waals surface area contributed by atoms with Crippen molar-refractivity contribution >= 4 is 41.2 Å². The van der Waals surface area contributed by atoms with E-state index in [1.807, 2.05) is 13.8 Å². The summed E-state index contributed by atoms with van der Waals surface area (Å²) in [5.41, 5.74) is -0.173. The number of rotatable bonds is 9. The number of carbonyl (C=O) groups is 4. The molecule has 2 aliphatic rings. The number of cyclic esters (lactones) is 1. The van der Waals surface area contributed by atoms with Gasteiger partial charge in [-0.3, -0.25) is 18.9 Å². The maximum atomic E-state index is 15.3. The fourth-order valence-corrected chi connectivity index (χ4v) is 5.24. The molecule has 2 saturated heterocycles. The number of piperazine rings is 1. The fraction of sp³-hybridized carbons (Fsp3) is 0.448. The second kappa shape index (κ2) is 13.3. The van der Waals surface area contributed by atoms with Gasteiger partial charge < -0.3 is 29.9 Å². The molecule has 0 aliphatic carbocycles. The van der Waals surface area contributed by atoms with Crippen LogP contribution in [0, 0.1) is 17.6 Å². The highest BCUT2D eigenvalue weighted by molar-refractivity contribution is 5.96. The Balaban J connectivity index is 1.19. The summed E-state index contributed by atoms with van der Waals surface area (Å²) in [7, 11) is 0. The molecule has 0 spiro atoms. The summed E-state index contributed by atoms with van der Waals surface area (Å²) in [5.74, 6) is -2.46. The molecule has 14 nitrogen and oxygen atoms in total. The normalized spacial score (nSPS) is 17.4. The minimum Gasteiger partial charge on any atom is -0.450 e. The lowest BCUT2D eigenvalue weighted by Gasteiger charge is -2.38. The molecule has 2 aromatic heterocycles. The van der Waals surface area contributed by atoms with E-state index in [2.05, 4.69) is 20.6 Å². The average Bonchev–Trinajstić information content (AvgIpc) is 3.62. The average molecular weight is 629 g/mol. The third-order valence-electron chi connectivity index (χ3n) is 7.53. The minimum absolute atomic E-state index is 0.0214. The number of anilines is 2. The molecule has 2 N–H and O–H groups in total. The number of hydrogen-bond donors (Lipinski definition) is 2. The molecule has 2 fully saturated rings. The predicted molar refractivity (Wildman–Crippen MR) is 157 cm³/mol. The molecule has 240 valence electrons. The first-order chi connectivity index (χ1) is 21.5. The van der Waals surface area contributed by atoms with Crippen LogP contribution in [0.25, 0.3) is 5.78 Å². The third-order valence-corrected chi connectivity index (χ3v) is 7.53. The van der Waals surface area contributed by atoms with Crippen molar-refractivity contribution < 1.29 is 37.4 Å². The van der Waals surface area contributed by atoms with E-state index >= 15 is 8.78 Å². The molecule has 5 rings (SSSR count). The van der Waals surface area contributed by atoms with E-state index in [0.29, 0.717) is 5.78 Å². The first-order valence-corrected chi connectivity index (χ1v) is 14.6. The molecule has 45 heavy (non-hydrogen) atoms. The number of halogens is 2. The molecule has 2 unspecified atom stereocenters. The fourth-order valence-electron chi connectivity index (χ4n) is 5.24. The SMILES string of the molecule is CCOC(=O)NCC1CN(c2cc(F)c(N3CCN(C(=O)C(NC(=O)c4cn5cccnc5n4)C(C)C)CC3)c(F)c2)C(=O)O1. The van der Waals surface area contributed by atoms with Crippen LogP contribution in [-0.4, -0.2) is 101 Å². The molecule has 2 atom stereocenters. The molecule has 2 aliphatic heterocycles. The van der Waals surface area contributed by atoms with E-state index in [1.165, 1.54) is 11.1 Å². The van der Waals surface area contributed by atoms with Crippen LogP contribution < -0.4 is 20.4 Å². The first-order valence-electron chi connectivity index (χ1n) is 14.6. The van der Waals surface area contributed by atoms with Crippen LogP contribution in [0.5, 0.6) is 0 Å². The van der Waals surface area contributed by atoms with Crippen molar-refractivity contribution in [3.05, 3.63) is 54.1 Å². The zero-order chi connectivity index (χ0) is 32.2. The molecule has 3 aromatic rings. The van der Waals surface area contributed by atoms with Crippen LogP contribution in [0.15, 0.2) is 36.8 Å². The maximum Gasteiger partial charge on any atom is 0.414 e. The van der Waals surface area contributed by atoms with Crippen LogP contribution in [-0.2, 0) is 14.3 Å². The summed E-state index contributed by atoms with van der Waals surface area (Å²) in [4.78, 5) is 62.8. The van der Waals surface area contributed by atoms with Crippen molar-refractivity contribution in [2.75, 3.05) is 55.7 Å². The number of aromatic nitrogens is 3. The monoisotopic (exact) mass is 628 g/mol. The highest BCUT2D eigenvalue weighted by Gasteiger charge is 2.35. The number of imidazole rings is 1. The summed E-state index contributed by atoms with van der Waals surface area (Å²) < 4.78 is 42.2. The Labute approximate surface area is 257 Å².